The quantitative estimate of drug-likeness (QED) is 0.764. The first kappa shape index (κ1) is 11.4. The molecule has 0 aromatic heterocycles. The van der Waals surface area contributed by atoms with Crippen molar-refractivity contribution < 1.29 is 13.9 Å². The van der Waals surface area contributed by atoms with Crippen molar-refractivity contribution in [3.8, 4) is 0 Å². The molecule has 0 heterocycles. The molecule has 0 amide bonds. The molecule has 1 unspecified atom stereocenters. The van der Waals surface area contributed by atoms with Crippen LogP contribution in [-0.4, -0.2) is 18.7 Å². The Bertz CT molecular complexity index is 333. The lowest BCUT2D eigenvalue weighted by molar-refractivity contribution is 0.172. The van der Waals surface area contributed by atoms with E-state index in [1.54, 1.807) is 7.05 Å². The molecule has 0 aliphatic rings. The van der Waals surface area contributed by atoms with Crippen LogP contribution < -0.4 is 5.32 Å². The first-order chi connectivity index (χ1) is 6.57. The second-order valence-corrected chi connectivity index (χ2v) is 3.21. The molecule has 0 radical (unpaired) electrons. The van der Waals surface area contributed by atoms with Gasteiger partial charge >= 0.3 is 0 Å². The maximum Gasteiger partial charge on any atom is 0.142 e. The van der Waals surface area contributed by atoms with Gasteiger partial charge in [-0.05, 0) is 19.2 Å². The van der Waals surface area contributed by atoms with Gasteiger partial charge in [0.05, 0.1) is 11.1 Å². The minimum absolute atomic E-state index is 0.111. The van der Waals surface area contributed by atoms with Gasteiger partial charge in [0.2, 0.25) is 0 Å². The van der Waals surface area contributed by atoms with Crippen LogP contribution in [0.1, 0.15) is 11.7 Å². The van der Waals surface area contributed by atoms with Crippen LogP contribution in [0.4, 0.5) is 8.78 Å². The van der Waals surface area contributed by atoms with Crippen LogP contribution in [0.3, 0.4) is 0 Å². The van der Waals surface area contributed by atoms with Gasteiger partial charge in [0.15, 0.2) is 0 Å². The third kappa shape index (κ3) is 2.20. The molecule has 0 bridgehead atoms. The predicted octanol–water partition coefficient (Wildman–Crippen LogP) is 1.87. The molecule has 0 saturated carbocycles. The highest BCUT2D eigenvalue weighted by Crippen LogP contribution is 2.27. The van der Waals surface area contributed by atoms with Crippen molar-refractivity contribution in [3.63, 3.8) is 0 Å². The normalized spacial score (nSPS) is 12.9. The van der Waals surface area contributed by atoms with E-state index in [0.717, 1.165) is 12.1 Å². The summed E-state index contributed by atoms with van der Waals surface area (Å²) in [6, 6.07) is 1.86. The Morgan fingerprint density at radius 2 is 2.00 bits per heavy atom. The van der Waals surface area contributed by atoms with Crippen molar-refractivity contribution in [2.45, 2.75) is 6.10 Å². The lowest BCUT2D eigenvalue weighted by atomic mass is 10.1. The second-order valence-electron chi connectivity index (χ2n) is 2.83. The maximum atomic E-state index is 13.2. The Hall–Kier alpha value is -0.710. The topological polar surface area (TPSA) is 32.3 Å². The number of nitrogens with one attached hydrogen (secondary N) is 1. The Kier molecular flexibility index (Phi) is 3.80. The number of halogens is 3. The zero-order valence-electron chi connectivity index (χ0n) is 7.52. The predicted molar refractivity (Wildman–Crippen MR) is 50.3 cm³/mol. The molecular weight excluding hydrogens is 212 g/mol. The number of aliphatic hydroxyl groups is 1. The van der Waals surface area contributed by atoms with Crippen LogP contribution in [0.15, 0.2) is 12.1 Å². The Labute approximate surface area is 85.5 Å². The van der Waals surface area contributed by atoms with Crippen LogP contribution in [0.2, 0.25) is 5.02 Å². The molecule has 1 rings (SSSR count). The number of benzene rings is 1. The van der Waals surface area contributed by atoms with E-state index >= 15 is 0 Å². The van der Waals surface area contributed by atoms with Crippen molar-refractivity contribution in [3.05, 3.63) is 34.4 Å². The van der Waals surface area contributed by atoms with Crippen LogP contribution in [0.5, 0.6) is 0 Å². The zero-order chi connectivity index (χ0) is 10.7. The molecule has 0 fully saturated rings. The molecule has 0 spiro atoms. The van der Waals surface area contributed by atoms with E-state index in [1.807, 2.05) is 0 Å². The number of hydrogen-bond acceptors (Lipinski definition) is 2. The third-order valence-electron chi connectivity index (χ3n) is 1.81. The molecule has 0 aliphatic carbocycles. The fraction of sp³-hybridized carbons (Fsp3) is 0.333. The van der Waals surface area contributed by atoms with Gasteiger partial charge in [0.1, 0.15) is 11.6 Å². The van der Waals surface area contributed by atoms with E-state index in [4.69, 9.17) is 11.6 Å². The lowest BCUT2D eigenvalue weighted by Gasteiger charge is -2.13. The molecule has 2 N–H and O–H groups in total. The van der Waals surface area contributed by atoms with Gasteiger partial charge in [-0.1, -0.05) is 11.6 Å². The largest absolute Gasteiger partial charge is 0.387 e. The lowest BCUT2D eigenvalue weighted by Crippen LogP contribution is -2.18. The van der Waals surface area contributed by atoms with E-state index in [-0.39, 0.29) is 17.1 Å². The third-order valence-corrected chi connectivity index (χ3v) is 2.19. The number of hydrogen-bond donors (Lipinski definition) is 2. The molecule has 0 saturated heterocycles. The van der Waals surface area contributed by atoms with Crippen LogP contribution in [0, 0.1) is 11.6 Å². The van der Waals surface area contributed by atoms with Gasteiger partial charge in [-0.3, -0.25) is 0 Å². The van der Waals surface area contributed by atoms with Gasteiger partial charge in [0.25, 0.3) is 0 Å². The minimum atomic E-state index is -1.15. The average molecular weight is 222 g/mol. The van der Waals surface area contributed by atoms with Crippen LogP contribution >= 0.6 is 11.6 Å². The average Bonchev–Trinajstić information content (AvgIpc) is 2.13. The van der Waals surface area contributed by atoms with Crippen molar-refractivity contribution in [1.82, 2.24) is 5.32 Å². The molecule has 1 atom stereocenters. The molecule has 5 heteroatoms. The number of aliphatic hydroxyl groups excluding tert-OH is 1. The fourth-order valence-electron chi connectivity index (χ4n) is 1.14. The van der Waals surface area contributed by atoms with Gasteiger partial charge in [-0.15, -0.1) is 0 Å². The highest BCUT2D eigenvalue weighted by Gasteiger charge is 2.18. The van der Waals surface area contributed by atoms with Gasteiger partial charge in [0, 0.05) is 12.1 Å². The Morgan fingerprint density at radius 3 is 2.57 bits per heavy atom. The highest BCUT2D eigenvalue weighted by atomic mass is 35.5. The smallest absolute Gasteiger partial charge is 0.142 e. The van der Waals surface area contributed by atoms with Gasteiger partial charge in [-0.2, -0.15) is 0 Å². The fourth-order valence-corrected chi connectivity index (χ4v) is 1.42. The summed E-state index contributed by atoms with van der Waals surface area (Å²) in [4.78, 5) is 0. The summed E-state index contributed by atoms with van der Waals surface area (Å²) >= 11 is 5.53. The summed E-state index contributed by atoms with van der Waals surface area (Å²) in [6.45, 7) is 0.111. The summed E-state index contributed by atoms with van der Waals surface area (Å²) in [6.07, 6.45) is -1.15. The summed E-state index contributed by atoms with van der Waals surface area (Å²) in [7, 11) is 1.59. The highest BCUT2D eigenvalue weighted by molar-refractivity contribution is 6.31. The standard InChI is InChI=1S/C9H10ClF2NO/c1-13-4-7(14)8-5(11)2-3-6(12)9(8)10/h2-3,7,13-14H,4H2,1H3. The van der Waals surface area contributed by atoms with Crippen molar-refractivity contribution in [1.29, 1.82) is 0 Å². The summed E-state index contributed by atoms with van der Waals surface area (Å²) in [5.41, 5.74) is -0.207. The molecular formula is C9H10ClF2NO. The summed E-state index contributed by atoms with van der Waals surface area (Å²) in [5, 5.41) is 11.7. The summed E-state index contributed by atoms with van der Waals surface area (Å²) < 4.78 is 26.1. The SMILES string of the molecule is CNCC(O)c1c(F)ccc(F)c1Cl. The Morgan fingerprint density at radius 1 is 1.43 bits per heavy atom. The molecule has 2 nitrogen and oxygen atoms in total. The van der Waals surface area contributed by atoms with Crippen LogP contribution in [0.25, 0.3) is 0 Å². The minimum Gasteiger partial charge on any atom is -0.387 e. The van der Waals surface area contributed by atoms with E-state index in [1.165, 1.54) is 0 Å². The molecule has 78 valence electrons. The first-order valence-electron chi connectivity index (χ1n) is 4.04. The van der Waals surface area contributed by atoms with E-state index < -0.39 is 17.7 Å². The van der Waals surface area contributed by atoms with Crippen molar-refractivity contribution >= 4 is 11.6 Å². The van der Waals surface area contributed by atoms with Gasteiger partial charge in [-0.25, -0.2) is 8.78 Å². The van der Waals surface area contributed by atoms with Gasteiger partial charge < -0.3 is 10.4 Å². The Balaban J connectivity index is 3.11. The molecule has 1 aromatic carbocycles. The number of rotatable bonds is 3. The van der Waals surface area contributed by atoms with Crippen molar-refractivity contribution in [2.24, 2.45) is 0 Å². The molecule has 0 aliphatic heterocycles. The van der Waals surface area contributed by atoms with E-state index in [0.29, 0.717) is 0 Å². The molecule has 1 aromatic rings. The summed E-state index contributed by atoms with van der Waals surface area (Å²) in [5.74, 6) is -1.45. The second kappa shape index (κ2) is 4.68. The van der Waals surface area contributed by atoms with Crippen molar-refractivity contribution in [2.75, 3.05) is 13.6 Å². The molecule has 14 heavy (non-hydrogen) atoms. The van der Waals surface area contributed by atoms with E-state index in [9.17, 15) is 13.9 Å². The van der Waals surface area contributed by atoms with Crippen LogP contribution in [-0.2, 0) is 0 Å². The first-order valence-corrected chi connectivity index (χ1v) is 4.41. The monoisotopic (exact) mass is 221 g/mol. The number of likely N-dealkylation sites (N-methyl/N-ethyl adjacent to an activating group) is 1. The van der Waals surface area contributed by atoms with E-state index in [2.05, 4.69) is 5.32 Å². The zero-order valence-corrected chi connectivity index (χ0v) is 8.28. The maximum absolute atomic E-state index is 13.2.